The second-order valence-electron chi connectivity index (χ2n) is 12.0. The van der Waals surface area contributed by atoms with Crippen molar-refractivity contribution in [2.75, 3.05) is 7.11 Å². The van der Waals surface area contributed by atoms with Crippen LogP contribution in [0.3, 0.4) is 0 Å². The predicted octanol–water partition coefficient (Wildman–Crippen LogP) is 7.93. The molecule has 6 unspecified atom stereocenters. The molecule has 1 aliphatic carbocycles. The van der Waals surface area contributed by atoms with Crippen LogP contribution >= 0.6 is 0 Å². The quantitative estimate of drug-likeness (QED) is 0.367. The van der Waals surface area contributed by atoms with Gasteiger partial charge in [-0.05, 0) is 92.2 Å². The molecule has 208 valence electrons. The van der Waals surface area contributed by atoms with Crippen LogP contribution in [0.1, 0.15) is 89.3 Å². The van der Waals surface area contributed by atoms with Gasteiger partial charge in [0.05, 0.1) is 19.1 Å². The smallest absolute Gasteiger partial charge is 0.420 e. The number of fused-ring (bicyclic) bond motifs is 3. The van der Waals surface area contributed by atoms with Crippen LogP contribution in [-0.4, -0.2) is 36.2 Å². The summed E-state index contributed by atoms with van der Waals surface area (Å²) in [5, 5.41) is 0.766. The van der Waals surface area contributed by atoms with Gasteiger partial charge in [-0.3, -0.25) is 9.69 Å². The number of carbonyl (C=O) groups excluding carboxylic acids is 1. The first-order valence-electron chi connectivity index (χ1n) is 14.2. The van der Waals surface area contributed by atoms with Gasteiger partial charge in [0.15, 0.2) is 0 Å². The summed E-state index contributed by atoms with van der Waals surface area (Å²) in [5.41, 5.74) is 0.332. The maximum Gasteiger partial charge on any atom is 0.420 e. The minimum absolute atomic E-state index is 0.0456. The fourth-order valence-corrected chi connectivity index (χ4v) is 7.34. The van der Waals surface area contributed by atoms with Gasteiger partial charge in [-0.15, -0.1) is 0 Å². The van der Waals surface area contributed by atoms with E-state index in [1.807, 2.05) is 12.1 Å². The van der Waals surface area contributed by atoms with Crippen LogP contribution in [0.25, 0.3) is 10.8 Å². The van der Waals surface area contributed by atoms with Gasteiger partial charge in [0.25, 0.3) is 0 Å². The van der Waals surface area contributed by atoms with Gasteiger partial charge >= 0.3 is 12.1 Å². The lowest BCUT2D eigenvalue weighted by Crippen LogP contribution is -2.54. The van der Waals surface area contributed by atoms with Gasteiger partial charge in [0.2, 0.25) is 0 Å². The molecule has 2 aromatic rings. The highest BCUT2D eigenvalue weighted by Gasteiger charge is 2.43. The number of benzene rings is 2. The molecule has 38 heavy (non-hydrogen) atoms. The van der Waals surface area contributed by atoms with E-state index in [1.54, 1.807) is 12.1 Å². The summed E-state index contributed by atoms with van der Waals surface area (Å²) in [7, 11) is 1.45. The molecule has 5 rings (SSSR count). The van der Waals surface area contributed by atoms with Crippen molar-refractivity contribution in [3.05, 3.63) is 41.5 Å². The first-order chi connectivity index (χ1) is 18.1. The zero-order chi connectivity index (χ0) is 27.2. The average Bonchev–Trinajstić information content (AvgIpc) is 2.88. The average molecular weight is 532 g/mol. The molecule has 7 heteroatoms. The summed E-state index contributed by atoms with van der Waals surface area (Å²) in [6.07, 6.45) is 2.58. The Balaban J connectivity index is 1.42. The fraction of sp³-hybridized carbons (Fsp3) is 0.645. The number of carbonyl (C=O) groups is 1. The van der Waals surface area contributed by atoms with Gasteiger partial charge in [-0.2, -0.15) is 13.2 Å². The molecule has 2 aromatic carbocycles. The molecule has 0 aromatic heterocycles. The number of piperidine rings is 2. The number of esters is 1. The van der Waals surface area contributed by atoms with E-state index in [2.05, 4.69) is 25.7 Å². The first kappa shape index (κ1) is 27.3. The van der Waals surface area contributed by atoms with Gasteiger partial charge in [-0.25, -0.2) is 0 Å². The summed E-state index contributed by atoms with van der Waals surface area (Å²) in [6.45, 7) is 6.49. The lowest BCUT2D eigenvalue weighted by atomic mass is 9.77. The van der Waals surface area contributed by atoms with Crippen LogP contribution < -0.4 is 4.74 Å². The van der Waals surface area contributed by atoms with Crippen LogP contribution in [0, 0.1) is 17.8 Å². The third-order valence-electron chi connectivity index (χ3n) is 9.63. The number of methoxy groups -OCH3 is 1. The number of hydrogen-bond acceptors (Lipinski definition) is 4. The topological polar surface area (TPSA) is 38.8 Å². The van der Waals surface area contributed by atoms with Crippen LogP contribution in [-0.2, 0) is 15.7 Å². The monoisotopic (exact) mass is 531 g/mol. The molecule has 0 spiro atoms. The minimum Gasteiger partial charge on any atom is -0.490 e. The third-order valence-corrected chi connectivity index (χ3v) is 9.63. The number of rotatable bonds is 5. The third kappa shape index (κ3) is 5.28. The Labute approximate surface area is 223 Å². The van der Waals surface area contributed by atoms with Crippen LogP contribution in [0.5, 0.6) is 5.75 Å². The van der Waals surface area contributed by atoms with E-state index in [-0.39, 0.29) is 47.3 Å². The van der Waals surface area contributed by atoms with Crippen LogP contribution in [0.4, 0.5) is 13.2 Å². The Morgan fingerprint density at radius 3 is 2.32 bits per heavy atom. The standard InChI is InChI=1S/C31H40F3NO3/c1-18-8-11-26(14-19(18)2)38-28-13-10-22-15-21(9-12-27(22)29(28)31(32,33)34)20(3)35-24-6-5-7-25(35)17-23(16-24)30(36)37-4/h9-10,12-13,15,18-20,23-26H,5-8,11,14,16-17H2,1-4H3. The Kier molecular flexibility index (Phi) is 7.69. The molecule has 6 atom stereocenters. The number of ether oxygens (including phenoxy) is 2. The van der Waals surface area contributed by atoms with Crippen molar-refractivity contribution in [1.29, 1.82) is 0 Å². The SMILES string of the molecule is COC(=O)C1CC2CCCC(C1)N2C(C)c1ccc2c(C(F)(F)F)c(OC3CCC(C)C(C)C3)ccc2c1. The highest BCUT2D eigenvalue weighted by atomic mass is 19.4. The molecule has 1 saturated carbocycles. The molecule has 4 nitrogen and oxygen atoms in total. The van der Waals surface area contributed by atoms with E-state index in [0.717, 1.165) is 56.9 Å². The van der Waals surface area contributed by atoms with E-state index in [4.69, 9.17) is 9.47 Å². The molecule has 3 aliphatic rings. The summed E-state index contributed by atoms with van der Waals surface area (Å²) < 4.78 is 54.2. The van der Waals surface area contributed by atoms with Crippen molar-refractivity contribution < 1.29 is 27.4 Å². The largest absolute Gasteiger partial charge is 0.490 e. The Hall–Kier alpha value is -2.28. The molecular weight excluding hydrogens is 491 g/mol. The number of halogens is 3. The second-order valence-corrected chi connectivity index (χ2v) is 12.0. The molecule has 0 radical (unpaired) electrons. The molecular formula is C31H40F3NO3. The lowest BCUT2D eigenvalue weighted by molar-refractivity contribution is -0.150. The van der Waals surface area contributed by atoms with Crippen LogP contribution in [0.2, 0.25) is 0 Å². The van der Waals surface area contributed by atoms with Gasteiger partial charge < -0.3 is 9.47 Å². The van der Waals surface area contributed by atoms with E-state index in [9.17, 15) is 18.0 Å². The molecule has 2 heterocycles. The van der Waals surface area contributed by atoms with Crippen molar-refractivity contribution in [3.63, 3.8) is 0 Å². The van der Waals surface area contributed by atoms with Crippen molar-refractivity contribution in [3.8, 4) is 5.75 Å². The minimum atomic E-state index is -4.51. The number of nitrogens with zero attached hydrogens (tertiary/aromatic N) is 1. The molecule has 0 N–H and O–H groups in total. The summed E-state index contributed by atoms with van der Waals surface area (Å²) >= 11 is 0. The molecule has 2 saturated heterocycles. The molecule has 0 amide bonds. The van der Waals surface area contributed by atoms with Crippen LogP contribution in [0.15, 0.2) is 30.3 Å². The maximum atomic E-state index is 14.4. The Morgan fingerprint density at radius 2 is 1.68 bits per heavy atom. The van der Waals surface area contributed by atoms with Crippen molar-refractivity contribution in [2.24, 2.45) is 17.8 Å². The molecule has 3 fully saturated rings. The zero-order valence-electron chi connectivity index (χ0n) is 22.9. The maximum absolute atomic E-state index is 14.4. The molecule has 2 bridgehead atoms. The zero-order valence-corrected chi connectivity index (χ0v) is 22.9. The summed E-state index contributed by atoms with van der Waals surface area (Å²) in [5.74, 6) is 0.745. The highest BCUT2D eigenvalue weighted by Crippen LogP contribution is 2.45. The number of alkyl halides is 3. The summed E-state index contributed by atoms with van der Waals surface area (Å²) in [6, 6.07) is 9.26. The van der Waals surface area contributed by atoms with Crippen molar-refractivity contribution in [2.45, 2.75) is 103 Å². The van der Waals surface area contributed by atoms with E-state index < -0.39 is 11.7 Å². The van der Waals surface area contributed by atoms with Gasteiger partial charge in [0, 0.05) is 18.1 Å². The van der Waals surface area contributed by atoms with E-state index in [1.165, 1.54) is 13.2 Å². The normalized spacial score (nSPS) is 31.1. The number of hydrogen-bond donors (Lipinski definition) is 0. The first-order valence-corrected chi connectivity index (χ1v) is 14.2. The molecule has 2 aliphatic heterocycles. The Bertz CT molecular complexity index is 1150. The Morgan fingerprint density at radius 1 is 0.974 bits per heavy atom. The predicted molar refractivity (Wildman–Crippen MR) is 142 cm³/mol. The van der Waals surface area contributed by atoms with Gasteiger partial charge in [-0.1, -0.05) is 38.5 Å². The lowest BCUT2D eigenvalue weighted by Gasteiger charge is -2.51. The van der Waals surface area contributed by atoms with Gasteiger partial charge in [0.1, 0.15) is 11.3 Å². The van der Waals surface area contributed by atoms with Crippen molar-refractivity contribution >= 4 is 16.7 Å². The fourth-order valence-electron chi connectivity index (χ4n) is 7.34. The van der Waals surface area contributed by atoms with E-state index >= 15 is 0 Å². The van der Waals surface area contributed by atoms with Crippen molar-refractivity contribution in [1.82, 2.24) is 4.90 Å². The summed E-state index contributed by atoms with van der Waals surface area (Å²) in [4.78, 5) is 14.7. The second kappa shape index (κ2) is 10.7. The van der Waals surface area contributed by atoms with E-state index in [0.29, 0.717) is 17.2 Å². The highest BCUT2D eigenvalue weighted by molar-refractivity contribution is 5.89.